The maximum Gasteiger partial charge on any atom is 0.171 e. The molecule has 0 saturated heterocycles. The maximum atomic E-state index is 15.3. The molecule has 0 heterocycles. The molecule has 4 heteroatoms. The third-order valence-corrected chi connectivity index (χ3v) is 14.4. The molecule has 0 atom stereocenters. The summed E-state index contributed by atoms with van der Waals surface area (Å²) in [7, 11) is -6.43. The van der Waals surface area contributed by atoms with E-state index in [2.05, 4.69) is 5.73 Å². The summed E-state index contributed by atoms with van der Waals surface area (Å²) in [5.74, 6) is 0. The summed E-state index contributed by atoms with van der Waals surface area (Å²) >= 11 is 0. The van der Waals surface area contributed by atoms with Gasteiger partial charge in [0.15, 0.2) is 14.3 Å². The Labute approximate surface area is 266 Å². The second kappa shape index (κ2) is 13.1. The molecule has 0 bridgehead atoms. The molecule has 0 fully saturated rings. The van der Waals surface area contributed by atoms with Gasteiger partial charge in [-0.25, -0.2) is 0 Å². The first-order valence-corrected chi connectivity index (χ1v) is 18.4. The average Bonchev–Trinajstić information content (AvgIpc) is 3.12. The summed E-state index contributed by atoms with van der Waals surface area (Å²) < 4.78 is 30.6. The van der Waals surface area contributed by atoms with E-state index in [4.69, 9.17) is 0 Å². The highest BCUT2D eigenvalue weighted by molar-refractivity contribution is 7.85. The third kappa shape index (κ3) is 5.78. The van der Waals surface area contributed by atoms with Crippen molar-refractivity contribution in [3.63, 3.8) is 0 Å². The van der Waals surface area contributed by atoms with E-state index in [-0.39, 0.29) is 0 Å². The maximum absolute atomic E-state index is 15.3. The van der Waals surface area contributed by atoms with Crippen molar-refractivity contribution in [3.05, 3.63) is 187 Å². The van der Waals surface area contributed by atoms with Crippen molar-refractivity contribution < 1.29 is 9.13 Å². The molecule has 0 aliphatic carbocycles. The number of hydrogen-bond donors (Lipinski definition) is 0. The molecule has 220 valence electrons. The molecule has 0 radical (unpaired) electrons. The van der Waals surface area contributed by atoms with Crippen molar-refractivity contribution in [1.29, 1.82) is 0 Å². The predicted octanol–water partition coefficient (Wildman–Crippen LogP) is 8.07. The number of allylic oxidation sites excluding steroid dienone is 1. The van der Waals surface area contributed by atoms with E-state index in [9.17, 15) is 0 Å². The van der Waals surface area contributed by atoms with Crippen LogP contribution in [0, 0.1) is 0 Å². The van der Waals surface area contributed by atoms with E-state index in [0.29, 0.717) is 0 Å². The van der Waals surface area contributed by atoms with Gasteiger partial charge < -0.3 is 9.13 Å². The van der Waals surface area contributed by atoms with E-state index < -0.39 is 14.3 Å². The zero-order valence-electron chi connectivity index (χ0n) is 25.4. The Morgan fingerprint density at radius 2 is 0.622 bits per heavy atom. The van der Waals surface area contributed by atoms with E-state index >= 15 is 9.13 Å². The summed E-state index contributed by atoms with van der Waals surface area (Å²) in [5, 5.41) is 4.69. The first-order chi connectivity index (χ1) is 21.9. The molecule has 0 aliphatic heterocycles. The van der Waals surface area contributed by atoms with E-state index in [1.807, 2.05) is 184 Å². The number of rotatable bonds is 8. The number of benzene rings is 6. The molecule has 0 unspecified atom stereocenters. The molecule has 0 spiro atoms. The van der Waals surface area contributed by atoms with Crippen molar-refractivity contribution in [2.75, 3.05) is 0 Å². The second-order valence-corrected chi connectivity index (χ2v) is 16.4. The molecule has 6 aromatic rings. The van der Waals surface area contributed by atoms with E-state index in [1.165, 1.54) is 0 Å². The normalized spacial score (nSPS) is 11.4. The SMILES string of the molecule is CC(=C=C(C)c1ccccc1P(=O)(c1ccccc1)c1ccccc1)c1ccccc1P(=O)(c1ccccc1)c1ccccc1. The minimum absolute atomic E-state index is 0.771. The molecule has 0 N–H and O–H groups in total. The fourth-order valence-corrected chi connectivity index (χ4v) is 11.8. The van der Waals surface area contributed by atoms with Gasteiger partial charge in [0, 0.05) is 31.8 Å². The Kier molecular flexibility index (Phi) is 8.84. The molecule has 0 aromatic heterocycles. The van der Waals surface area contributed by atoms with Crippen LogP contribution in [-0.2, 0) is 9.13 Å². The summed E-state index contributed by atoms with van der Waals surface area (Å²) in [4.78, 5) is 0. The summed E-state index contributed by atoms with van der Waals surface area (Å²) in [6, 6.07) is 54.8. The molecule has 6 rings (SSSR count). The lowest BCUT2D eigenvalue weighted by Gasteiger charge is -2.23. The topological polar surface area (TPSA) is 34.1 Å². The molecule has 45 heavy (non-hydrogen) atoms. The first-order valence-electron chi connectivity index (χ1n) is 15.0. The smallest absolute Gasteiger partial charge is 0.171 e. The highest BCUT2D eigenvalue weighted by Crippen LogP contribution is 2.45. The zero-order chi connectivity index (χ0) is 31.3. The van der Waals surface area contributed by atoms with Crippen LogP contribution < -0.4 is 31.8 Å². The Morgan fingerprint density at radius 3 is 0.911 bits per heavy atom. The Bertz CT molecular complexity index is 1860. The molecule has 0 aliphatic rings. The standard InChI is InChI=1S/C41H34O2P2/c1-32(38-27-15-17-29-40(38)44(42,34-19-7-3-8-20-34)35-21-9-4-10-22-35)31-33(2)39-28-16-18-30-41(39)45(43,36-23-11-5-12-24-36)37-25-13-6-14-26-37/h3-30H,1-2H3. The van der Waals surface area contributed by atoms with Crippen molar-refractivity contribution >= 4 is 57.3 Å². The highest BCUT2D eigenvalue weighted by Gasteiger charge is 2.33. The van der Waals surface area contributed by atoms with Crippen molar-refractivity contribution in [2.24, 2.45) is 0 Å². The van der Waals surface area contributed by atoms with Crippen LogP contribution in [0.15, 0.2) is 176 Å². The fraction of sp³-hybridized carbons (Fsp3) is 0.0488. The van der Waals surface area contributed by atoms with Crippen LogP contribution in [-0.4, -0.2) is 0 Å². The fourth-order valence-electron chi connectivity index (χ4n) is 5.95. The van der Waals surface area contributed by atoms with Crippen molar-refractivity contribution in [1.82, 2.24) is 0 Å². The van der Waals surface area contributed by atoms with Gasteiger partial charge in [-0.1, -0.05) is 170 Å². The number of hydrogen-bond acceptors (Lipinski definition) is 2. The van der Waals surface area contributed by atoms with Crippen molar-refractivity contribution in [3.8, 4) is 0 Å². The van der Waals surface area contributed by atoms with Gasteiger partial charge in [-0.15, -0.1) is 5.73 Å². The van der Waals surface area contributed by atoms with Crippen LogP contribution in [0.3, 0.4) is 0 Å². The second-order valence-electron chi connectivity index (χ2n) is 11.0. The van der Waals surface area contributed by atoms with Gasteiger partial charge in [0.25, 0.3) is 0 Å². The van der Waals surface area contributed by atoms with Crippen LogP contribution in [0.25, 0.3) is 11.1 Å². The molecule has 2 nitrogen and oxygen atoms in total. The van der Waals surface area contributed by atoms with Gasteiger partial charge in [0.05, 0.1) is 0 Å². The molecule has 6 aromatic carbocycles. The minimum atomic E-state index is -3.21. The Balaban J connectivity index is 1.56. The van der Waals surface area contributed by atoms with E-state index in [0.717, 1.165) is 54.1 Å². The van der Waals surface area contributed by atoms with Crippen LogP contribution in [0.2, 0.25) is 0 Å². The van der Waals surface area contributed by atoms with Gasteiger partial charge in [0.2, 0.25) is 0 Å². The summed E-state index contributed by atoms with van der Waals surface area (Å²) in [5.41, 5.74) is 7.10. The third-order valence-electron chi connectivity index (χ3n) is 8.15. The van der Waals surface area contributed by atoms with Gasteiger partial charge in [-0.05, 0) is 36.1 Å². The monoisotopic (exact) mass is 620 g/mol. The highest BCUT2D eigenvalue weighted by atomic mass is 31.2. The average molecular weight is 621 g/mol. The predicted molar refractivity (Wildman–Crippen MR) is 193 cm³/mol. The lowest BCUT2D eigenvalue weighted by molar-refractivity contribution is 0.591. The lowest BCUT2D eigenvalue weighted by Crippen LogP contribution is -2.27. The van der Waals surface area contributed by atoms with Crippen LogP contribution in [0.4, 0.5) is 0 Å². The summed E-state index contributed by atoms with van der Waals surface area (Å²) in [6.07, 6.45) is 0. The van der Waals surface area contributed by atoms with Gasteiger partial charge in [0.1, 0.15) is 0 Å². The van der Waals surface area contributed by atoms with Crippen LogP contribution >= 0.6 is 14.3 Å². The van der Waals surface area contributed by atoms with Gasteiger partial charge in [-0.3, -0.25) is 0 Å². The lowest BCUT2D eigenvalue weighted by atomic mass is 10.0. The molecular weight excluding hydrogens is 586 g/mol. The van der Waals surface area contributed by atoms with Crippen LogP contribution in [0.1, 0.15) is 25.0 Å². The summed E-state index contributed by atoms with van der Waals surface area (Å²) in [6.45, 7) is 4.03. The molecule has 0 saturated carbocycles. The zero-order valence-corrected chi connectivity index (χ0v) is 27.2. The minimum Gasteiger partial charge on any atom is -0.309 e. The van der Waals surface area contributed by atoms with Crippen molar-refractivity contribution in [2.45, 2.75) is 13.8 Å². The quantitative estimate of drug-likeness (QED) is 0.127. The van der Waals surface area contributed by atoms with Gasteiger partial charge in [-0.2, -0.15) is 0 Å². The Hall–Kier alpha value is -4.70. The van der Waals surface area contributed by atoms with E-state index in [1.54, 1.807) is 0 Å². The first kappa shape index (κ1) is 30.3. The molecule has 0 amide bonds. The largest absolute Gasteiger partial charge is 0.309 e. The van der Waals surface area contributed by atoms with Crippen LogP contribution in [0.5, 0.6) is 0 Å². The van der Waals surface area contributed by atoms with Gasteiger partial charge >= 0.3 is 0 Å². The molecular formula is C41H34O2P2. The Morgan fingerprint density at radius 1 is 0.378 bits per heavy atom.